The topological polar surface area (TPSA) is 29.1 Å². The van der Waals surface area contributed by atoms with Gasteiger partial charge in [-0.15, -0.1) is 0 Å². The lowest BCUT2D eigenvalue weighted by atomic mass is 10.0. The Balaban J connectivity index is 2.36. The van der Waals surface area contributed by atoms with Gasteiger partial charge >= 0.3 is 6.18 Å². The Labute approximate surface area is 96.1 Å². The quantitative estimate of drug-likeness (QED) is 0.803. The number of benzene rings is 1. The third kappa shape index (κ3) is 2.33. The van der Waals surface area contributed by atoms with Gasteiger partial charge in [-0.25, -0.2) is 0 Å². The number of hydrogen-bond donors (Lipinski definition) is 1. The molecule has 0 saturated heterocycles. The zero-order valence-electron chi connectivity index (χ0n) is 9.01. The minimum absolute atomic E-state index is 0.0797. The summed E-state index contributed by atoms with van der Waals surface area (Å²) < 4.78 is 37.3. The van der Waals surface area contributed by atoms with Crippen LogP contribution in [0.4, 0.5) is 13.2 Å². The molecule has 1 aromatic rings. The highest BCUT2D eigenvalue weighted by Crippen LogP contribution is 2.29. The van der Waals surface area contributed by atoms with Crippen molar-refractivity contribution in [2.45, 2.75) is 19.1 Å². The molecule has 1 aromatic carbocycles. The second-order valence-electron chi connectivity index (χ2n) is 3.94. The molecule has 0 fully saturated rings. The SMILES string of the molecule is Cc1cccc(C2=C[C@@H](C(F)(F)F)NC2=O)c1. The summed E-state index contributed by atoms with van der Waals surface area (Å²) in [6.45, 7) is 1.82. The summed E-state index contributed by atoms with van der Waals surface area (Å²) in [5, 5.41) is 1.91. The molecule has 1 N–H and O–H groups in total. The third-order valence-corrected chi connectivity index (χ3v) is 2.55. The lowest BCUT2D eigenvalue weighted by molar-refractivity contribution is -0.148. The molecule has 0 radical (unpaired) electrons. The molecule has 0 unspecified atom stereocenters. The van der Waals surface area contributed by atoms with Crippen molar-refractivity contribution in [3.63, 3.8) is 0 Å². The molecule has 0 aromatic heterocycles. The molecule has 90 valence electrons. The number of hydrogen-bond acceptors (Lipinski definition) is 1. The molecule has 1 heterocycles. The molecule has 0 aliphatic carbocycles. The van der Waals surface area contributed by atoms with Gasteiger partial charge in [0.2, 0.25) is 0 Å². The number of aryl methyl sites for hydroxylation is 1. The van der Waals surface area contributed by atoms with E-state index in [0.717, 1.165) is 11.6 Å². The van der Waals surface area contributed by atoms with Crippen LogP contribution < -0.4 is 5.32 Å². The number of alkyl halides is 3. The Morgan fingerprint density at radius 3 is 2.53 bits per heavy atom. The summed E-state index contributed by atoms with van der Waals surface area (Å²) in [7, 11) is 0. The van der Waals surface area contributed by atoms with Crippen LogP contribution in [-0.2, 0) is 4.79 Å². The van der Waals surface area contributed by atoms with Crippen molar-refractivity contribution in [3.05, 3.63) is 41.5 Å². The van der Waals surface area contributed by atoms with Crippen molar-refractivity contribution in [1.29, 1.82) is 0 Å². The lowest BCUT2D eigenvalue weighted by Crippen LogP contribution is -2.39. The van der Waals surface area contributed by atoms with Crippen LogP contribution >= 0.6 is 0 Å². The second-order valence-corrected chi connectivity index (χ2v) is 3.94. The van der Waals surface area contributed by atoms with Gasteiger partial charge in [-0.3, -0.25) is 4.79 Å². The van der Waals surface area contributed by atoms with Crippen LogP contribution in [0.3, 0.4) is 0 Å². The van der Waals surface area contributed by atoms with Crippen LogP contribution in [0.25, 0.3) is 5.57 Å². The maximum atomic E-state index is 12.4. The summed E-state index contributed by atoms with van der Waals surface area (Å²) in [4.78, 5) is 11.5. The van der Waals surface area contributed by atoms with Crippen LogP contribution in [0.1, 0.15) is 11.1 Å². The molecule has 1 aliphatic rings. The second kappa shape index (κ2) is 3.91. The first kappa shape index (κ1) is 11.7. The summed E-state index contributed by atoms with van der Waals surface area (Å²) >= 11 is 0. The van der Waals surface area contributed by atoms with Gasteiger partial charge < -0.3 is 5.32 Å². The summed E-state index contributed by atoms with van der Waals surface area (Å²) in [5.74, 6) is -0.682. The molecule has 1 aliphatic heterocycles. The fraction of sp³-hybridized carbons (Fsp3) is 0.250. The standard InChI is InChI=1S/C12H10F3NO/c1-7-3-2-4-8(5-7)9-6-10(12(13,14)15)16-11(9)17/h2-6,10H,1H3,(H,16,17)/t10-/m0/s1. The molecule has 17 heavy (non-hydrogen) atoms. The van der Waals surface area contributed by atoms with E-state index in [-0.39, 0.29) is 5.57 Å². The van der Waals surface area contributed by atoms with Gasteiger partial charge in [-0.2, -0.15) is 13.2 Å². The third-order valence-electron chi connectivity index (χ3n) is 2.55. The number of halogens is 3. The van der Waals surface area contributed by atoms with E-state index in [1.165, 1.54) is 0 Å². The molecule has 0 spiro atoms. The minimum atomic E-state index is -4.44. The van der Waals surface area contributed by atoms with Crippen LogP contribution in [0, 0.1) is 6.92 Å². The fourth-order valence-electron chi connectivity index (χ4n) is 1.72. The Kier molecular flexibility index (Phi) is 2.69. The van der Waals surface area contributed by atoms with E-state index in [9.17, 15) is 18.0 Å². The van der Waals surface area contributed by atoms with E-state index >= 15 is 0 Å². The first-order chi connectivity index (χ1) is 7.88. The largest absolute Gasteiger partial charge is 0.412 e. The van der Waals surface area contributed by atoms with Gasteiger partial charge in [0, 0.05) is 5.57 Å². The van der Waals surface area contributed by atoms with Gasteiger partial charge in [0.25, 0.3) is 5.91 Å². The van der Waals surface area contributed by atoms with Gasteiger partial charge in [0.05, 0.1) is 0 Å². The van der Waals surface area contributed by atoms with Crippen LogP contribution in [0.15, 0.2) is 30.3 Å². The fourth-order valence-corrected chi connectivity index (χ4v) is 1.72. The molecule has 5 heteroatoms. The predicted molar refractivity (Wildman–Crippen MR) is 57.1 cm³/mol. The Bertz CT molecular complexity index is 491. The normalized spacial score (nSPS) is 20.1. The van der Waals surface area contributed by atoms with Crippen molar-refractivity contribution in [2.24, 2.45) is 0 Å². The summed E-state index contributed by atoms with van der Waals surface area (Å²) in [5.41, 5.74) is 1.48. The summed E-state index contributed by atoms with van der Waals surface area (Å²) in [6.07, 6.45) is -3.52. The maximum Gasteiger partial charge on any atom is 0.412 e. The first-order valence-electron chi connectivity index (χ1n) is 5.04. The van der Waals surface area contributed by atoms with Gasteiger partial charge in [0.1, 0.15) is 6.04 Å². The van der Waals surface area contributed by atoms with Gasteiger partial charge in [0.15, 0.2) is 0 Å². The van der Waals surface area contributed by atoms with Crippen LogP contribution in [-0.4, -0.2) is 18.1 Å². The van der Waals surface area contributed by atoms with Gasteiger partial charge in [-0.05, 0) is 18.6 Å². The zero-order valence-corrected chi connectivity index (χ0v) is 9.01. The molecular formula is C12H10F3NO. The minimum Gasteiger partial charge on any atom is -0.337 e. The van der Waals surface area contributed by atoms with Crippen molar-refractivity contribution in [1.82, 2.24) is 5.32 Å². The van der Waals surface area contributed by atoms with Crippen LogP contribution in [0.5, 0.6) is 0 Å². The van der Waals surface area contributed by atoms with E-state index in [0.29, 0.717) is 5.56 Å². The number of carbonyl (C=O) groups excluding carboxylic acids is 1. The van der Waals surface area contributed by atoms with E-state index < -0.39 is 18.1 Å². The highest BCUT2D eigenvalue weighted by atomic mass is 19.4. The van der Waals surface area contributed by atoms with E-state index in [2.05, 4.69) is 0 Å². The van der Waals surface area contributed by atoms with Gasteiger partial charge in [-0.1, -0.05) is 29.8 Å². The Morgan fingerprint density at radius 1 is 1.29 bits per heavy atom. The number of rotatable bonds is 1. The predicted octanol–water partition coefficient (Wildman–Crippen LogP) is 2.44. The average molecular weight is 241 g/mol. The van der Waals surface area contributed by atoms with E-state index in [1.807, 2.05) is 18.3 Å². The summed E-state index contributed by atoms with van der Waals surface area (Å²) in [6, 6.07) is 4.95. The molecule has 2 rings (SSSR count). The van der Waals surface area contributed by atoms with Crippen molar-refractivity contribution >= 4 is 11.5 Å². The van der Waals surface area contributed by atoms with E-state index in [1.54, 1.807) is 18.2 Å². The highest BCUT2D eigenvalue weighted by molar-refractivity contribution is 6.21. The molecule has 1 atom stereocenters. The number of amides is 1. The molecule has 0 bridgehead atoms. The molecular weight excluding hydrogens is 231 g/mol. The van der Waals surface area contributed by atoms with Crippen molar-refractivity contribution in [2.75, 3.05) is 0 Å². The van der Waals surface area contributed by atoms with Crippen molar-refractivity contribution < 1.29 is 18.0 Å². The zero-order chi connectivity index (χ0) is 12.6. The van der Waals surface area contributed by atoms with Crippen LogP contribution in [0.2, 0.25) is 0 Å². The van der Waals surface area contributed by atoms with E-state index in [4.69, 9.17) is 0 Å². The molecule has 0 saturated carbocycles. The number of nitrogens with one attached hydrogen (secondary N) is 1. The lowest BCUT2D eigenvalue weighted by Gasteiger charge is -2.12. The monoisotopic (exact) mass is 241 g/mol. The average Bonchev–Trinajstić information content (AvgIpc) is 2.60. The Morgan fingerprint density at radius 2 is 2.00 bits per heavy atom. The maximum absolute atomic E-state index is 12.4. The Hall–Kier alpha value is -1.78. The van der Waals surface area contributed by atoms with Crippen molar-refractivity contribution in [3.8, 4) is 0 Å². The first-order valence-corrected chi connectivity index (χ1v) is 5.04. The smallest absolute Gasteiger partial charge is 0.337 e. The number of carbonyl (C=O) groups is 1. The molecule has 2 nitrogen and oxygen atoms in total. The highest BCUT2D eigenvalue weighted by Gasteiger charge is 2.43. The molecule has 1 amide bonds.